The van der Waals surface area contributed by atoms with E-state index in [2.05, 4.69) is 6.58 Å². The first-order valence-electron chi connectivity index (χ1n) is 13.6. The van der Waals surface area contributed by atoms with E-state index in [1.165, 1.54) is 13.0 Å². The number of ether oxygens (including phenoxy) is 2. The summed E-state index contributed by atoms with van der Waals surface area (Å²) in [5.41, 5.74) is -6.02. The van der Waals surface area contributed by atoms with Crippen molar-refractivity contribution >= 4 is 23.8 Å². The first-order chi connectivity index (χ1) is 18.1. The van der Waals surface area contributed by atoms with E-state index >= 15 is 0 Å². The highest BCUT2D eigenvalue weighted by atomic mass is 16.6. The maximum atomic E-state index is 13.5. The van der Waals surface area contributed by atoms with Crippen molar-refractivity contribution in [1.29, 1.82) is 0 Å². The molecule has 210 valence electrons. The Balaban J connectivity index is 1.66. The predicted octanol–water partition coefficient (Wildman–Crippen LogP) is 2.99. The number of aliphatic hydroxyl groups excluding tert-OH is 2. The summed E-state index contributed by atoms with van der Waals surface area (Å²) in [6.45, 7) is 12.6. The maximum Gasteiger partial charge on any atom is 0.331 e. The fourth-order valence-electron chi connectivity index (χ4n) is 9.46. The quantitative estimate of drug-likeness (QED) is 0.303. The lowest BCUT2D eigenvalue weighted by atomic mass is 9.42. The molecule has 0 heterocycles. The summed E-state index contributed by atoms with van der Waals surface area (Å²) < 4.78 is 11.7. The number of aliphatic hydroxyl groups is 3. The molecule has 3 unspecified atom stereocenters. The number of Topliss-reactive ketones (excluding diaryl/α,β-unsaturated/α-hetero) is 1. The van der Waals surface area contributed by atoms with E-state index in [1.54, 1.807) is 33.8 Å². The molecule has 0 aromatic heterocycles. The van der Waals surface area contributed by atoms with Crippen molar-refractivity contribution in [3.05, 3.63) is 54.1 Å². The summed E-state index contributed by atoms with van der Waals surface area (Å²) in [6.07, 6.45) is -1.62. The van der Waals surface area contributed by atoms with Gasteiger partial charge in [-0.05, 0) is 30.1 Å². The van der Waals surface area contributed by atoms with Crippen LogP contribution in [-0.2, 0) is 23.9 Å². The zero-order valence-electron chi connectivity index (χ0n) is 23.1. The molecule has 1 aromatic rings. The first-order valence-corrected chi connectivity index (χ1v) is 13.6. The standard InChI is InChI=1S/C31H38O8/c1-17-21(33)16-29(37)26(36)31-18(2)22(39-23(34)13-12-20-10-8-7-9-11-20)14-15-28(31,6)24(35)25(38-19(3)32)30(17,31)27(29,4)5/h7-13,17,22,24-26,35-37H,2,14-16H2,1,3-6H3/b13-12+/t17?,22-,24-,25-,26+,28-,29-,30?,31?/m0/s1. The second kappa shape index (κ2) is 8.59. The van der Waals surface area contributed by atoms with Crippen LogP contribution in [0.2, 0.25) is 0 Å². The Bertz CT molecular complexity index is 1270. The van der Waals surface area contributed by atoms with Crippen molar-refractivity contribution in [3.8, 4) is 0 Å². The van der Waals surface area contributed by atoms with Gasteiger partial charge in [0.2, 0.25) is 0 Å². The molecule has 8 nitrogen and oxygen atoms in total. The van der Waals surface area contributed by atoms with Crippen LogP contribution in [0.25, 0.3) is 6.08 Å². The number of ketones is 1. The number of benzene rings is 1. The van der Waals surface area contributed by atoms with Gasteiger partial charge in [0, 0.05) is 47.0 Å². The topological polar surface area (TPSA) is 130 Å². The monoisotopic (exact) mass is 538 g/mol. The molecule has 2 spiro atoms. The third kappa shape index (κ3) is 3.03. The smallest absolute Gasteiger partial charge is 0.331 e. The van der Waals surface area contributed by atoms with Crippen LogP contribution in [0.1, 0.15) is 59.4 Å². The van der Waals surface area contributed by atoms with Crippen LogP contribution >= 0.6 is 0 Å². The largest absolute Gasteiger partial charge is 0.459 e. The van der Waals surface area contributed by atoms with Gasteiger partial charge in [-0.25, -0.2) is 4.79 Å². The lowest BCUT2D eigenvalue weighted by Gasteiger charge is -2.60. The van der Waals surface area contributed by atoms with E-state index in [0.717, 1.165) is 5.56 Å². The maximum absolute atomic E-state index is 13.5. The second-order valence-corrected chi connectivity index (χ2v) is 12.6. The lowest BCUT2D eigenvalue weighted by molar-refractivity contribution is -0.213. The second-order valence-electron chi connectivity index (χ2n) is 12.6. The average molecular weight is 539 g/mol. The minimum absolute atomic E-state index is 0.275. The SMILES string of the molecule is C=C1[C@@H](OC(=O)/C=C/c2ccccc2)CC[C@@]2(C)[C@@H](O)[C@H](OC(C)=O)C34C(C)C(=O)C[C@](O)([C@@H](O)C132)C4(C)C. The van der Waals surface area contributed by atoms with Gasteiger partial charge in [0.15, 0.2) is 0 Å². The van der Waals surface area contributed by atoms with Gasteiger partial charge in [0.25, 0.3) is 0 Å². The van der Waals surface area contributed by atoms with E-state index in [1.807, 2.05) is 30.3 Å². The number of carbonyl (C=O) groups excluding carboxylic acids is 3. The molecule has 1 aromatic carbocycles. The van der Waals surface area contributed by atoms with Crippen LogP contribution in [0, 0.1) is 27.6 Å². The molecule has 3 N–H and O–H groups in total. The molecular weight excluding hydrogens is 500 g/mol. The van der Waals surface area contributed by atoms with Gasteiger partial charge in [-0.15, -0.1) is 0 Å². The van der Waals surface area contributed by atoms with Gasteiger partial charge < -0.3 is 24.8 Å². The van der Waals surface area contributed by atoms with Gasteiger partial charge in [-0.3, -0.25) is 9.59 Å². The van der Waals surface area contributed by atoms with Crippen molar-refractivity contribution in [2.45, 2.75) is 83.9 Å². The molecule has 8 heteroatoms. The molecule has 4 aliphatic carbocycles. The highest BCUT2D eigenvalue weighted by Gasteiger charge is 2.94. The Morgan fingerprint density at radius 1 is 1.10 bits per heavy atom. The molecule has 4 aliphatic rings. The Labute approximate surface area is 228 Å². The Hall–Kier alpha value is -2.81. The normalized spacial score (nSPS) is 44.2. The highest BCUT2D eigenvalue weighted by Crippen LogP contribution is 2.86. The van der Waals surface area contributed by atoms with E-state index in [4.69, 9.17) is 9.47 Å². The molecule has 0 amide bonds. The number of rotatable bonds is 4. The summed E-state index contributed by atoms with van der Waals surface area (Å²) in [5, 5.41) is 36.2. The number of hydrogen-bond acceptors (Lipinski definition) is 8. The first kappa shape index (κ1) is 27.7. The van der Waals surface area contributed by atoms with Crippen LogP contribution in [-0.4, -0.2) is 63.1 Å². The van der Waals surface area contributed by atoms with Gasteiger partial charge in [-0.2, -0.15) is 0 Å². The van der Waals surface area contributed by atoms with Gasteiger partial charge >= 0.3 is 11.9 Å². The summed E-state index contributed by atoms with van der Waals surface area (Å²) in [7, 11) is 0. The third-order valence-electron chi connectivity index (χ3n) is 11.1. The van der Waals surface area contributed by atoms with Crippen molar-refractivity contribution in [2.24, 2.45) is 27.6 Å². The fraction of sp³-hybridized carbons (Fsp3) is 0.581. The van der Waals surface area contributed by atoms with Crippen LogP contribution < -0.4 is 0 Å². The van der Waals surface area contributed by atoms with E-state index in [0.29, 0.717) is 12.0 Å². The Kier molecular flexibility index (Phi) is 6.11. The fourth-order valence-corrected chi connectivity index (χ4v) is 9.46. The molecule has 0 radical (unpaired) electrons. The Morgan fingerprint density at radius 2 is 1.74 bits per heavy atom. The zero-order valence-corrected chi connectivity index (χ0v) is 23.1. The van der Waals surface area contributed by atoms with Gasteiger partial charge in [0.1, 0.15) is 23.6 Å². The Morgan fingerprint density at radius 3 is 2.36 bits per heavy atom. The summed E-state index contributed by atoms with van der Waals surface area (Å²) in [4.78, 5) is 38.9. The summed E-state index contributed by atoms with van der Waals surface area (Å²) in [6, 6.07) is 9.28. The molecule has 9 atom stereocenters. The van der Waals surface area contributed by atoms with Crippen molar-refractivity contribution < 1.29 is 39.2 Å². The lowest BCUT2D eigenvalue weighted by Crippen LogP contribution is -2.65. The van der Waals surface area contributed by atoms with Crippen molar-refractivity contribution in [2.75, 3.05) is 0 Å². The number of hydrogen-bond donors (Lipinski definition) is 3. The molecule has 4 fully saturated rings. The van der Waals surface area contributed by atoms with Crippen LogP contribution in [0.3, 0.4) is 0 Å². The molecule has 4 saturated carbocycles. The van der Waals surface area contributed by atoms with Crippen LogP contribution in [0.15, 0.2) is 48.6 Å². The molecule has 0 aliphatic heterocycles. The van der Waals surface area contributed by atoms with Crippen LogP contribution in [0.4, 0.5) is 0 Å². The van der Waals surface area contributed by atoms with Gasteiger partial charge in [-0.1, -0.05) is 64.6 Å². The van der Waals surface area contributed by atoms with E-state index < -0.39 is 69.5 Å². The zero-order chi connectivity index (χ0) is 28.8. The number of carbonyl (C=O) groups is 3. The molecular formula is C31H38O8. The average Bonchev–Trinajstić information content (AvgIpc) is 3.09. The van der Waals surface area contributed by atoms with Crippen molar-refractivity contribution in [3.63, 3.8) is 0 Å². The molecule has 0 saturated heterocycles. The highest BCUT2D eigenvalue weighted by molar-refractivity contribution is 5.88. The van der Waals surface area contributed by atoms with E-state index in [9.17, 15) is 29.7 Å². The molecule has 39 heavy (non-hydrogen) atoms. The number of esters is 2. The molecule has 5 rings (SSSR count). The predicted molar refractivity (Wildman–Crippen MR) is 142 cm³/mol. The summed E-state index contributed by atoms with van der Waals surface area (Å²) >= 11 is 0. The number of fused-ring (bicyclic) bond motifs is 1. The molecule has 2 bridgehead atoms. The minimum Gasteiger partial charge on any atom is -0.459 e. The minimum atomic E-state index is -1.89. The summed E-state index contributed by atoms with van der Waals surface area (Å²) in [5.74, 6) is -2.35. The van der Waals surface area contributed by atoms with Crippen LogP contribution in [0.5, 0.6) is 0 Å². The van der Waals surface area contributed by atoms with Crippen molar-refractivity contribution in [1.82, 2.24) is 0 Å². The van der Waals surface area contributed by atoms with E-state index in [-0.39, 0.29) is 18.6 Å². The van der Waals surface area contributed by atoms with Gasteiger partial charge in [0.05, 0.1) is 12.2 Å². The third-order valence-corrected chi connectivity index (χ3v) is 11.1.